The number of nitrogens with one attached hydrogen (secondary N) is 3. The van der Waals surface area contributed by atoms with Crippen LogP contribution in [0, 0.1) is 0 Å². The van der Waals surface area contributed by atoms with Crippen LogP contribution in [0.15, 0.2) is 35.8 Å². The number of carbonyl (C=O) groups excluding carboxylic acids is 3. The van der Waals surface area contributed by atoms with Gasteiger partial charge in [-0.3, -0.25) is 14.4 Å². The van der Waals surface area contributed by atoms with Crippen LogP contribution in [0.4, 0.5) is 11.5 Å². The van der Waals surface area contributed by atoms with Gasteiger partial charge in [0.15, 0.2) is 0 Å². The molecule has 9 heteroatoms. The van der Waals surface area contributed by atoms with E-state index in [1.54, 1.807) is 18.3 Å². The summed E-state index contributed by atoms with van der Waals surface area (Å²) in [5.74, 6) is 0.266. The second-order valence-corrected chi connectivity index (χ2v) is 7.18. The van der Waals surface area contributed by atoms with Crippen molar-refractivity contribution < 1.29 is 14.4 Å². The second kappa shape index (κ2) is 8.63. The molecule has 142 valence electrons. The van der Waals surface area contributed by atoms with Gasteiger partial charge in [0.1, 0.15) is 5.82 Å². The molecule has 27 heavy (non-hydrogen) atoms. The molecule has 1 saturated heterocycles. The van der Waals surface area contributed by atoms with Crippen LogP contribution < -0.4 is 20.9 Å². The number of nitrogens with zero attached hydrogens (tertiary/aromatic N) is 2. The van der Waals surface area contributed by atoms with Gasteiger partial charge in [0, 0.05) is 24.9 Å². The average molecular weight is 387 g/mol. The maximum absolute atomic E-state index is 12.4. The maximum atomic E-state index is 12.4. The van der Waals surface area contributed by atoms with Crippen molar-refractivity contribution in [3.8, 4) is 0 Å². The molecule has 3 heterocycles. The molecule has 1 aliphatic rings. The van der Waals surface area contributed by atoms with Gasteiger partial charge in [-0.15, -0.1) is 11.3 Å². The van der Waals surface area contributed by atoms with E-state index in [1.807, 2.05) is 22.4 Å². The van der Waals surface area contributed by atoms with Crippen LogP contribution in [-0.2, 0) is 14.4 Å². The monoisotopic (exact) mass is 387 g/mol. The van der Waals surface area contributed by atoms with E-state index in [1.165, 1.54) is 18.3 Å². The van der Waals surface area contributed by atoms with Gasteiger partial charge in [-0.05, 0) is 23.6 Å². The van der Waals surface area contributed by atoms with E-state index in [9.17, 15) is 14.4 Å². The highest BCUT2D eigenvalue weighted by Crippen LogP contribution is 2.23. The molecular weight excluding hydrogens is 366 g/mol. The molecule has 0 aromatic carbocycles. The first-order valence-corrected chi connectivity index (χ1v) is 9.47. The fourth-order valence-electron chi connectivity index (χ4n) is 2.84. The normalized spacial score (nSPS) is 15.0. The first-order chi connectivity index (χ1) is 13.0. The molecule has 8 nitrogen and oxygen atoms in total. The van der Waals surface area contributed by atoms with Crippen LogP contribution in [0.1, 0.15) is 24.3 Å². The Hall–Kier alpha value is -2.94. The third kappa shape index (κ3) is 5.27. The fourth-order valence-corrected chi connectivity index (χ4v) is 3.61. The highest BCUT2D eigenvalue weighted by Gasteiger charge is 2.19. The fraction of sp³-hybridized carbons (Fsp3) is 0.333. The summed E-state index contributed by atoms with van der Waals surface area (Å²) < 4.78 is 0. The van der Waals surface area contributed by atoms with Crippen molar-refractivity contribution in [2.75, 3.05) is 29.9 Å². The number of aromatic nitrogens is 1. The largest absolute Gasteiger partial charge is 0.353 e. The average Bonchev–Trinajstić information content (AvgIpc) is 3.16. The summed E-state index contributed by atoms with van der Waals surface area (Å²) >= 11 is 1.49. The number of hydrogen-bond acceptors (Lipinski definition) is 6. The van der Waals surface area contributed by atoms with Crippen molar-refractivity contribution in [2.24, 2.45) is 0 Å². The Morgan fingerprint density at radius 3 is 2.85 bits per heavy atom. The van der Waals surface area contributed by atoms with E-state index in [4.69, 9.17) is 0 Å². The summed E-state index contributed by atoms with van der Waals surface area (Å²) in [7, 11) is 0. The Balaban J connectivity index is 1.59. The SMILES string of the molecule is CC(=O)N[C@H](CC(=O)Nc1ccc(N2CCNC(=O)C2)nc1)c1cccs1. The third-order valence-corrected chi connectivity index (χ3v) is 5.03. The van der Waals surface area contributed by atoms with Crippen molar-refractivity contribution in [3.05, 3.63) is 40.7 Å². The Morgan fingerprint density at radius 2 is 2.22 bits per heavy atom. The molecule has 1 aliphatic heterocycles. The van der Waals surface area contributed by atoms with Crippen LogP contribution in [-0.4, -0.2) is 42.3 Å². The van der Waals surface area contributed by atoms with E-state index in [2.05, 4.69) is 20.9 Å². The molecule has 3 rings (SSSR count). The molecule has 3 N–H and O–H groups in total. The highest BCUT2D eigenvalue weighted by atomic mass is 32.1. The first kappa shape index (κ1) is 18.8. The van der Waals surface area contributed by atoms with Gasteiger partial charge in [0.25, 0.3) is 0 Å². The van der Waals surface area contributed by atoms with Crippen molar-refractivity contribution in [1.82, 2.24) is 15.6 Å². The lowest BCUT2D eigenvalue weighted by molar-refractivity contribution is -0.121. The summed E-state index contributed by atoms with van der Waals surface area (Å²) in [6, 6.07) is 6.95. The summed E-state index contributed by atoms with van der Waals surface area (Å²) in [6.45, 7) is 3.00. The van der Waals surface area contributed by atoms with Crippen LogP contribution >= 0.6 is 11.3 Å². The van der Waals surface area contributed by atoms with E-state index >= 15 is 0 Å². The standard InChI is InChI=1S/C18H21N5O3S/c1-12(24)21-14(15-3-2-8-27-15)9-17(25)22-13-4-5-16(20-10-13)23-7-6-19-18(26)11-23/h2-5,8,10,14H,6-7,9,11H2,1H3,(H,19,26)(H,21,24)(H,22,25)/t14-/m1/s1. The number of pyridine rings is 1. The molecule has 2 aromatic heterocycles. The summed E-state index contributed by atoms with van der Waals surface area (Å²) in [4.78, 5) is 42.4. The summed E-state index contributed by atoms with van der Waals surface area (Å²) in [5, 5.41) is 10.3. The lowest BCUT2D eigenvalue weighted by Gasteiger charge is -2.27. The van der Waals surface area contributed by atoms with E-state index in [-0.39, 0.29) is 36.7 Å². The lowest BCUT2D eigenvalue weighted by Crippen LogP contribution is -2.48. The van der Waals surface area contributed by atoms with Gasteiger partial charge >= 0.3 is 0 Å². The lowest BCUT2D eigenvalue weighted by atomic mass is 10.1. The number of piperazine rings is 1. The summed E-state index contributed by atoms with van der Waals surface area (Å²) in [5.41, 5.74) is 0.568. The van der Waals surface area contributed by atoms with E-state index < -0.39 is 0 Å². The van der Waals surface area contributed by atoms with E-state index in [0.717, 1.165) is 4.88 Å². The van der Waals surface area contributed by atoms with Crippen molar-refractivity contribution in [2.45, 2.75) is 19.4 Å². The quantitative estimate of drug-likeness (QED) is 0.693. The predicted molar refractivity (Wildman–Crippen MR) is 104 cm³/mol. The predicted octanol–water partition coefficient (Wildman–Crippen LogP) is 1.29. The Kier molecular flexibility index (Phi) is 6.02. The Labute approximate surface area is 161 Å². The topological polar surface area (TPSA) is 103 Å². The van der Waals surface area contributed by atoms with Crippen LogP contribution in [0.25, 0.3) is 0 Å². The van der Waals surface area contributed by atoms with Crippen LogP contribution in [0.3, 0.4) is 0 Å². The molecule has 0 bridgehead atoms. The maximum Gasteiger partial charge on any atom is 0.239 e. The molecule has 2 aromatic rings. The number of hydrogen-bond donors (Lipinski definition) is 3. The molecule has 0 saturated carbocycles. The molecule has 1 fully saturated rings. The Bertz CT molecular complexity index is 807. The number of rotatable bonds is 6. The molecule has 1 atom stereocenters. The zero-order chi connectivity index (χ0) is 19.2. The van der Waals surface area contributed by atoms with Crippen LogP contribution in [0.2, 0.25) is 0 Å². The Morgan fingerprint density at radius 1 is 1.37 bits per heavy atom. The molecular formula is C18H21N5O3S. The van der Waals surface area contributed by atoms with Gasteiger partial charge in [-0.1, -0.05) is 6.07 Å². The molecule has 0 spiro atoms. The van der Waals surface area contributed by atoms with Gasteiger partial charge in [0.2, 0.25) is 17.7 Å². The van der Waals surface area contributed by atoms with Gasteiger partial charge < -0.3 is 20.9 Å². The molecule has 0 aliphatic carbocycles. The molecule has 3 amide bonds. The third-order valence-electron chi connectivity index (χ3n) is 4.05. The van der Waals surface area contributed by atoms with Crippen molar-refractivity contribution >= 4 is 40.6 Å². The van der Waals surface area contributed by atoms with Gasteiger partial charge in [-0.2, -0.15) is 0 Å². The van der Waals surface area contributed by atoms with Crippen molar-refractivity contribution in [1.29, 1.82) is 0 Å². The minimum absolute atomic E-state index is 0.0296. The van der Waals surface area contributed by atoms with Crippen molar-refractivity contribution in [3.63, 3.8) is 0 Å². The number of carbonyl (C=O) groups is 3. The number of anilines is 2. The number of amides is 3. The zero-order valence-electron chi connectivity index (χ0n) is 14.9. The first-order valence-electron chi connectivity index (χ1n) is 8.59. The zero-order valence-corrected chi connectivity index (χ0v) is 15.7. The smallest absolute Gasteiger partial charge is 0.239 e. The second-order valence-electron chi connectivity index (χ2n) is 6.20. The molecule has 0 unspecified atom stereocenters. The number of thiophene rings is 1. The minimum Gasteiger partial charge on any atom is -0.353 e. The highest BCUT2D eigenvalue weighted by molar-refractivity contribution is 7.10. The van der Waals surface area contributed by atoms with Gasteiger partial charge in [0.05, 0.1) is 30.9 Å². The van der Waals surface area contributed by atoms with Gasteiger partial charge in [-0.25, -0.2) is 4.98 Å². The van der Waals surface area contributed by atoms with E-state index in [0.29, 0.717) is 24.6 Å². The molecule has 0 radical (unpaired) electrons. The minimum atomic E-state index is -0.360. The summed E-state index contributed by atoms with van der Waals surface area (Å²) in [6.07, 6.45) is 1.70. The van der Waals surface area contributed by atoms with Crippen LogP contribution in [0.5, 0.6) is 0 Å².